The first-order valence-electron chi connectivity index (χ1n) is 19.4. The highest BCUT2D eigenvalue weighted by atomic mass is 32.1. The fourth-order valence-electron chi connectivity index (χ4n) is 8.72. The zero-order chi connectivity index (χ0) is 37.7. The number of benzene rings is 9. The molecule has 0 N–H and O–H groups in total. The molecule has 0 unspecified atom stereocenters. The lowest BCUT2D eigenvalue weighted by Crippen LogP contribution is -2.14. The monoisotopic (exact) mass is 744 g/mol. The predicted octanol–water partition coefficient (Wildman–Crippen LogP) is 15.6. The lowest BCUT2D eigenvalue weighted by Gasteiger charge is -2.30. The number of anilines is 3. The van der Waals surface area contributed by atoms with E-state index >= 15 is 0 Å². The molecule has 11 aromatic rings. The van der Waals surface area contributed by atoms with Crippen LogP contribution in [0.2, 0.25) is 0 Å². The number of rotatable bonds is 7. The molecule has 0 atom stereocenters. The third-order valence-corrected chi connectivity index (χ3v) is 12.4. The molecule has 9 aromatic carbocycles. The van der Waals surface area contributed by atoms with Crippen molar-refractivity contribution >= 4 is 70.4 Å². The molecule has 0 saturated heterocycles. The summed E-state index contributed by atoms with van der Waals surface area (Å²) in [4.78, 5) is 2.48. The van der Waals surface area contributed by atoms with Crippen molar-refractivity contribution in [3.05, 3.63) is 218 Å². The molecule has 0 radical (unpaired) electrons. The van der Waals surface area contributed by atoms with E-state index in [1.807, 2.05) is 11.3 Å². The van der Waals surface area contributed by atoms with Gasteiger partial charge in [0.25, 0.3) is 0 Å². The Morgan fingerprint density at radius 1 is 0.333 bits per heavy atom. The quantitative estimate of drug-likeness (QED) is 0.158. The van der Waals surface area contributed by atoms with E-state index in [0.29, 0.717) is 0 Å². The van der Waals surface area contributed by atoms with E-state index in [4.69, 9.17) is 0 Å². The molecule has 0 saturated carbocycles. The van der Waals surface area contributed by atoms with Gasteiger partial charge in [-0.3, -0.25) is 0 Å². The third kappa shape index (κ3) is 5.55. The third-order valence-electron chi connectivity index (χ3n) is 11.2. The molecule has 3 heteroatoms. The Morgan fingerprint density at radius 3 is 1.54 bits per heavy atom. The maximum atomic E-state index is 2.48. The van der Waals surface area contributed by atoms with Gasteiger partial charge in [0.05, 0.1) is 28.1 Å². The molecule has 2 nitrogen and oxygen atoms in total. The Labute approximate surface area is 335 Å². The number of hydrogen-bond donors (Lipinski definition) is 0. The zero-order valence-corrected chi connectivity index (χ0v) is 31.9. The topological polar surface area (TPSA) is 8.17 Å². The van der Waals surface area contributed by atoms with Crippen LogP contribution in [-0.2, 0) is 0 Å². The molecular weight excluding hydrogens is 709 g/mol. The minimum Gasteiger partial charge on any atom is -0.308 e. The fourth-order valence-corrected chi connectivity index (χ4v) is 9.86. The summed E-state index contributed by atoms with van der Waals surface area (Å²) in [7, 11) is 0. The Balaban J connectivity index is 1.19. The smallest absolute Gasteiger partial charge is 0.0702 e. The lowest BCUT2D eigenvalue weighted by molar-refractivity contribution is 1.15. The SMILES string of the molecule is c1ccc(-c2ccccc2-c2ccccc2-c2ccccc2N(c2ccc3c(c2)sc2ccccc23)c2ccccc2-n2c3ccccc3c3ccccc32)cc1. The van der Waals surface area contributed by atoms with E-state index in [2.05, 4.69) is 228 Å². The van der Waals surface area contributed by atoms with Crippen LogP contribution in [0, 0.1) is 0 Å². The number of hydrogen-bond acceptors (Lipinski definition) is 2. The molecule has 2 heterocycles. The molecule has 0 fully saturated rings. The van der Waals surface area contributed by atoms with Gasteiger partial charge in [0.2, 0.25) is 0 Å². The van der Waals surface area contributed by atoms with Crippen molar-refractivity contribution in [2.45, 2.75) is 0 Å². The number of para-hydroxylation sites is 5. The van der Waals surface area contributed by atoms with Crippen molar-refractivity contribution in [2.24, 2.45) is 0 Å². The summed E-state index contributed by atoms with van der Waals surface area (Å²) in [5, 5.41) is 5.07. The van der Waals surface area contributed by atoms with E-state index in [1.54, 1.807) is 0 Å². The van der Waals surface area contributed by atoms with Crippen LogP contribution in [0.5, 0.6) is 0 Å². The summed E-state index contributed by atoms with van der Waals surface area (Å²) < 4.78 is 5.01. The maximum Gasteiger partial charge on any atom is 0.0702 e. The van der Waals surface area contributed by atoms with Gasteiger partial charge in [-0.25, -0.2) is 0 Å². The highest BCUT2D eigenvalue weighted by Gasteiger charge is 2.24. The first-order valence-corrected chi connectivity index (χ1v) is 20.3. The molecule has 0 amide bonds. The molecule has 0 aliphatic carbocycles. The van der Waals surface area contributed by atoms with Crippen molar-refractivity contribution in [1.82, 2.24) is 4.57 Å². The van der Waals surface area contributed by atoms with Crippen LogP contribution in [0.15, 0.2) is 218 Å². The van der Waals surface area contributed by atoms with Crippen LogP contribution in [0.1, 0.15) is 0 Å². The summed E-state index contributed by atoms with van der Waals surface area (Å²) >= 11 is 1.86. The summed E-state index contributed by atoms with van der Waals surface area (Å²) in [6.45, 7) is 0. The summed E-state index contributed by atoms with van der Waals surface area (Å²) in [5.41, 5.74) is 13.9. The van der Waals surface area contributed by atoms with E-state index in [9.17, 15) is 0 Å². The normalized spacial score (nSPS) is 11.5. The van der Waals surface area contributed by atoms with Crippen molar-refractivity contribution < 1.29 is 0 Å². The molecule has 11 rings (SSSR count). The molecule has 57 heavy (non-hydrogen) atoms. The van der Waals surface area contributed by atoms with Crippen LogP contribution in [0.3, 0.4) is 0 Å². The standard InChI is InChI=1S/C54H36N2S/c1-2-18-37(19-3-1)39-20-4-5-21-40(39)41-22-6-7-23-42(41)43-24-8-12-28-48(43)55(38-34-35-47-46-27-11-17-33-53(46)57-54(47)36-38)51-31-15-16-32-52(51)56-49-29-13-9-25-44(49)45-26-10-14-30-50(45)56/h1-36H. The van der Waals surface area contributed by atoms with Gasteiger partial charge in [0, 0.05) is 42.2 Å². The van der Waals surface area contributed by atoms with Crippen LogP contribution in [0.4, 0.5) is 17.1 Å². The number of nitrogens with zero attached hydrogens (tertiary/aromatic N) is 2. The number of thiophene rings is 1. The van der Waals surface area contributed by atoms with Crippen LogP contribution in [-0.4, -0.2) is 4.57 Å². The predicted molar refractivity (Wildman–Crippen MR) is 245 cm³/mol. The van der Waals surface area contributed by atoms with Gasteiger partial charge < -0.3 is 9.47 Å². The van der Waals surface area contributed by atoms with E-state index in [-0.39, 0.29) is 0 Å². The van der Waals surface area contributed by atoms with Gasteiger partial charge in [-0.15, -0.1) is 11.3 Å². The second kappa shape index (κ2) is 13.8. The van der Waals surface area contributed by atoms with Gasteiger partial charge in [0.1, 0.15) is 0 Å². The van der Waals surface area contributed by atoms with Crippen LogP contribution < -0.4 is 4.90 Å². The van der Waals surface area contributed by atoms with Crippen molar-refractivity contribution in [2.75, 3.05) is 4.90 Å². The summed E-state index contributed by atoms with van der Waals surface area (Å²) in [6, 6.07) is 79.5. The Morgan fingerprint density at radius 2 is 0.825 bits per heavy atom. The lowest BCUT2D eigenvalue weighted by atomic mass is 9.88. The molecule has 0 aliphatic rings. The first-order chi connectivity index (χ1) is 28.3. The van der Waals surface area contributed by atoms with Gasteiger partial charge in [0.15, 0.2) is 0 Å². The largest absolute Gasteiger partial charge is 0.308 e. The van der Waals surface area contributed by atoms with Crippen LogP contribution >= 0.6 is 11.3 Å². The number of fused-ring (bicyclic) bond motifs is 6. The second-order valence-electron chi connectivity index (χ2n) is 14.4. The first kappa shape index (κ1) is 33.2. The average molecular weight is 745 g/mol. The Hall–Kier alpha value is -7.20. The Kier molecular flexibility index (Phi) is 8.04. The van der Waals surface area contributed by atoms with Crippen molar-refractivity contribution in [3.8, 4) is 39.1 Å². The van der Waals surface area contributed by atoms with Gasteiger partial charge in [-0.2, -0.15) is 0 Å². The van der Waals surface area contributed by atoms with Gasteiger partial charge in [-0.1, -0.05) is 170 Å². The Bertz CT molecular complexity index is 3210. The minimum absolute atomic E-state index is 1.10. The molecule has 268 valence electrons. The molecule has 0 aliphatic heterocycles. The molecule has 0 spiro atoms. The highest BCUT2D eigenvalue weighted by Crippen LogP contribution is 2.48. The summed E-state index contributed by atoms with van der Waals surface area (Å²) in [6.07, 6.45) is 0. The van der Waals surface area contributed by atoms with Crippen LogP contribution in [0.25, 0.3) is 81.0 Å². The highest BCUT2D eigenvalue weighted by molar-refractivity contribution is 7.25. The minimum atomic E-state index is 1.10. The zero-order valence-electron chi connectivity index (χ0n) is 31.1. The van der Waals surface area contributed by atoms with E-state index in [0.717, 1.165) is 28.3 Å². The molecule has 2 aromatic heterocycles. The van der Waals surface area contributed by atoms with E-state index in [1.165, 1.54) is 69.8 Å². The van der Waals surface area contributed by atoms with Gasteiger partial charge >= 0.3 is 0 Å². The van der Waals surface area contributed by atoms with Crippen molar-refractivity contribution in [1.29, 1.82) is 0 Å². The molecular formula is C54H36N2S. The van der Waals surface area contributed by atoms with Gasteiger partial charge in [-0.05, 0) is 76.3 Å². The molecule has 0 bridgehead atoms. The number of aromatic nitrogens is 1. The summed E-state index contributed by atoms with van der Waals surface area (Å²) in [5.74, 6) is 0. The van der Waals surface area contributed by atoms with Crippen molar-refractivity contribution in [3.63, 3.8) is 0 Å². The average Bonchev–Trinajstić information content (AvgIpc) is 3.83. The maximum absolute atomic E-state index is 2.48. The fraction of sp³-hybridized carbons (Fsp3) is 0. The van der Waals surface area contributed by atoms with E-state index < -0.39 is 0 Å². The second-order valence-corrected chi connectivity index (χ2v) is 15.5.